The maximum Gasteiger partial charge on any atom is 0.352 e. The van der Waals surface area contributed by atoms with E-state index in [1.165, 1.54) is 0 Å². The summed E-state index contributed by atoms with van der Waals surface area (Å²) in [6.45, 7) is 7.10. The molecule has 0 bridgehead atoms. The Hall–Kier alpha value is -2.62. The molecule has 0 spiro atoms. The summed E-state index contributed by atoms with van der Waals surface area (Å²) < 4.78 is 3.71. The molecule has 2 aliphatic heterocycles. The van der Waals surface area contributed by atoms with Gasteiger partial charge < -0.3 is 20.5 Å². The first kappa shape index (κ1) is 21.1. The van der Waals surface area contributed by atoms with E-state index in [0.29, 0.717) is 28.9 Å². The molecule has 0 radical (unpaired) electrons. The molecule has 1 aromatic carbocycles. The van der Waals surface area contributed by atoms with Crippen LogP contribution in [0.2, 0.25) is 0 Å². The van der Waals surface area contributed by atoms with Crippen molar-refractivity contribution in [3.05, 3.63) is 44.1 Å². The lowest BCUT2D eigenvalue weighted by atomic mass is 10.1. The first-order valence-electron chi connectivity index (χ1n) is 9.83. The van der Waals surface area contributed by atoms with Gasteiger partial charge in [0.1, 0.15) is 0 Å². The summed E-state index contributed by atoms with van der Waals surface area (Å²) >= 11 is 0. The molecule has 0 fully saturated rings. The second-order valence-corrected chi connectivity index (χ2v) is 8.17. The summed E-state index contributed by atoms with van der Waals surface area (Å²) in [4.78, 5) is 34.3. The van der Waals surface area contributed by atoms with Crippen molar-refractivity contribution in [2.75, 3.05) is 40.3 Å². The van der Waals surface area contributed by atoms with Crippen molar-refractivity contribution < 1.29 is 4.48 Å². The van der Waals surface area contributed by atoms with Crippen LogP contribution in [-0.4, -0.2) is 63.9 Å². The van der Waals surface area contributed by atoms with E-state index in [1.807, 2.05) is 30.5 Å². The molecule has 2 heterocycles. The average Bonchev–Trinajstić information content (AvgIpc) is 2.64. The highest BCUT2D eigenvalue weighted by molar-refractivity contribution is 5.81. The van der Waals surface area contributed by atoms with Gasteiger partial charge in [0.15, 0.2) is 11.5 Å². The topological polar surface area (TPSA) is 122 Å². The summed E-state index contributed by atoms with van der Waals surface area (Å²) in [5.74, 6) is 0.316. The third kappa shape index (κ3) is 4.07. The van der Waals surface area contributed by atoms with Crippen LogP contribution in [-0.2, 0) is 13.1 Å². The lowest BCUT2D eigenvalue weighted by molar-refractivity contribution is -0.889. The zero-order valence-corrected chi connectivity index (χ0v) is 17.6. The number of aromatic nitrogens is 4. The number of nitrogens with two attached hydrogens (primary N) is 2. The van der Waals surface area contributed by atoms with Crippen LogP contribution < -0.4 is 22.7 Å². The predicted molar refractivity (Wildman–Crippen MR) is 114 cm³/mol. The van der Waals surface area contributed by atoms with E-state index in [-0.39, 0.29) is 18.8 Å². The van der Waals surface area contributed by atoms with Gasteiger partial charge in [-0.1, -0.05) is 0 Å². The Morgan fingerprint density at radius 3 is 2.28 bits per heavy atom. The second-order valence-electron chi connectivity index (χ2n) is 8.17. The zero-order chi connectivity index (χ0) is 21.3. The molecule has 4 N–H and O–H groups in total. The SMILES string of the molecule is Cc1cc2nc3c(=O)n(CCN)c(=O)nc-3n(CC[N+](C)(C)CCN)c2cc1C. The Morgan fingerprint density at radius 2 is 1.62 bits per heavy atom. The van der Waals surface area contributed by atoms with Crippen molar-refractivity contribution in [2.24, 2.45) is 11.5 Å². The first-order valence-corrected chi connectivity index (χ1v) is 9.83. The Labute approximate surface area is 169 Å². The van der Waals surface area contributed by atoms with Gasteiger partial charge in [-0.2, -0.15) is 4.98 Å². The lowest BCUT2D eigenvalue weighted by Crippen LogP contribution is -2.46. The van der Waals surface area contributed by atoms with Crippen molar-refractivity contribution >= 4 is 11.0 Å². The number of hydrogen-bond acceptors (Lipinski definition) is 6. The number of quaternary nitrogens is 1. The molecule has 0 atom stereocenters. The largest absolute Gasteiger partial charge is 0.352 e. The number of hydrogen-bond donors (Lipinski definition) is 2. The fourth-order valence-corrected chi connectivity index (χ4v) is 3.51. The number of aryl methyl sites for hydroxylation is 2. The van der Waals surface area contributed by atoms with Crippen LogP contribution in [0.15, 0.2) is 21.7 Å². The summed E-state index contributed by atoms with van der Waals surface area (Å²) in [7, 11) is 4.21. The average molecular weight is 401 g/mol. The molecule has 3 rings (SSSR count). The number of likely N-dealkylation sites (N-methyl/N-ethyl adjacent to an activating group) is 1. The van der Waals surface area contributed by atoms with Gasteiger partial charge in [0, 0.05) is 19.6 Å². The molecular formula is C20H30N7O2+. The minimum absolute atomic E-state index is 0.119. The van der Waals surface area contributed by atoms with Gasteiger partial charge in [0.2, 0.25) is 0 Å². The Bertz CT molecular complexity index is 1130. The van der Waals surface area contributed by atoms with E-state index in [9.17, 15) is 9.59 Å². The van der Waals surface area contributed by atoms with Gasteiger partial charge in [-0.3, -0.25) is 9.36 Å². The quantitative estimate of drug-likeness (QED) is 0.414. The fraction of sp³-hybridized carbons (Fsp3) is 0.500. The Morgan fingerprint density at radius 1 is 0.931 bits per heavy atom. The van der Waals surface area contributed by atoms with Crippen molar-refractivity contribution in [1.82, 2.24) is 19.1 Å². The zero-order valence-electron chi connectivity index (χ0n) is 17.6. The summed E-state index contributed by atoms with van der Waals surface area (Å²) in [6.07, 6.45) is 0. The van der Waals surface area contributed by atoms with E-state index in [1.54, 1.807) is 0 Å². The molecule has 29 heavy (non-hydrogen) atoms. The van der Waals surface area contributed by atoms with Gasteiger partial charge >= 0.3 is 5.69 Å². The summed E-state index contributed by atoms with van der Waals surface area (Å²) in [5.41, 5.74) is 14.2. The Kier molecular flexibility index (Phi) is 5.83. The first-order chi connectivity index (χ1) is 13.7. The van der Waals surface area contributed by atoms with Crippen molar-refractivity contribution in [2.45, 2.75) is 26.9 Å². The molecule has 0 aliphatic carbocycles. The molecule has 9 heteroatoms. The van der Waals surface area contributed by atoms with E-state index >= 15 is 0 Å². The third-order valence-corrected chi connectivity index (χ3v) is 5.48. The van der Waals surface area contributed by atoms with Crippen LogP contribution in [0.25, 0.3) is 22.6 Å². The highest BCUT2D eigenvalue weighted by Gasteiger charge is 2.23. The smallest absolute Gasteiger partial charge is 0.329 e. The fourth-order valence-electron chi connectivity index (χ4n) is 3.51. The van der Waals surface area contributed by atoms with Gasteiger partial charge in [-0.05, 0) is 37.1 Å². The Balaban J connectivity index is 2.30. The second kappa shape index (κ2) is 8.02. The highest BCUT2D eigenvalue weighted by atomic mass is 16.2. The molecule has 156 valence electrons. The minimum atomic E-state index is -0.595. The predicted octanol–water partition coefficient (Wildman–Crippen LogP) is -0.331. The van der Waals surface area contributed by atoms with E-state index in [4.69, 9.17) is 11.5 Å². The molecule has 2 aliphatic rings. The summed E-state index contributed by atoms with van der Waals surface area (Å²) in [6, 6.07) is 4.01. The number of nitrogens with zero attached hydrogens (tertiary/aromatic N) is 5. The van der Waals surface area contributed by atoms with Crippen LogP contribution in [0.5, 0.6) is 0 Å². The lowest BCUT2D eigenvalue weighted by Gasteiger charge is -2.30. The van der Waals surface area contributed by atoms with E-state index in [2.05, 4.69) is 24.1 Å². The van der Waals surface area contributed by atoms with Crippen molar-refractivity contribution in [3.8, 4) is 11.5 Å². The molecule has 0 saturated heterocycles. The van der Waals surface area contributed by atoms with Crippen LogP contribution >= 0.6 is 0 Å². The molecule has 0 saturated carbocycles. The van der Waals surface area contributed by atoms with Crippen LogP contribution in [0.4, 0.5) is 0 Å². The van der Waals surface area contributed by atoms with Gasteiger partial charge in [-0.25, -0.2) is 9.78 Å². The summed E-state index contributed by atoms with van der Waals surface area (Å²) in [5, 5.41) is 0. The van der Waals surface area contributed by atoms with E-state index in [0.717, 1.165) is 34.3 Å². The van der Waals surface area contributed by atoms with Crippen LogP contribution in [0, 0.1) is 13.8 Å². The maximum absolute atomic E-state index is 13.0. The van der Waals surface area contributed by atoms with Gasteiger partial charge in [0.05, 0.1) is 44.8 Å². The minimum Gasteiger partial charge on any atom is -0.329 e. The van der Waals surface area contributed by atoms with Crippen molar-refractivity contribution in [3.63, 3.8) is 0 Å². The highest BCUT2D eigenvalue weighted by Crippen LogP contribution is 2.24. The number of fused-ring (bicyclic) bond motifs is 2. The molecule has 1 aromatic rings. The number of rotatable bonds is 7. The van der Waals surface area contributed by atoms with E-state index < -0.39 is 11.2 Å². The van der Waals surface area contributed by atoms with Crippen molar-refractivity contribution in [1.29, 1.82) is 0 Å². The molecule has 0 aromatic heterocycles. The normalized spacial score (nSPS) is 12.2. The molecule has 9 nitrogen and oxygen atoms in total. The standard InChI is InChI=1S/C20H30N7O2/c1-13-11-15-16(12-14(13)2)25(8-10-27(3,4)9-6-22)18-17(23-15)19(28)26(7-5-21)20(29)24-18/h11-12H,5-10,21-22H2,1-4H3/q+1. The number of benzene rings is 1. The molecule has 0 unspecified atom stereocenters. The monoisotopic (exact) mass is 400 g/mol. The van der Waals surface area contributed by atoms with Gasteiger partial charge in [0.25, 0.3) is 5.56 Å². The van der Waals surface area contributed by atoms with Crippen LogP contribution in [0.1, 0.15) is 11.1 Å². The molecular weight excluding hydrogens is 370 g/mol. The van der Waals surface area contributed by atoms with Gasteiger partial charge in [-0.15, -0.1) is 0 Å². The maximum atomic E-state index is 13.0. The van der Waals surface area contributed by atoms with Crippen LogP contribution in [0.3, 0.4) is 0 Å². The third-order valence-electron chi connectivity index (χ3n) is 5.48. The molecule has 0 amide bonds.